The maximum absolute atomic E-state index is 12.7. The minimum Gasteiger partial charge on any atom is -0.504 e. The van der Waals surface area contributed by atoms with Gasteiger partial charge in [-0.2, -0.15) is 5.10 Å². The number of H-pyrrole nitrogens is 1. The van der Waals surface area contributed by atoms with E-state index in [9.17, 15) is 19.8 Å². The third kappa shape index (κ3) is 4.34. The fourth-order valence-electron chi connectivity index (χ4n) is 2.65. The van der Waals surface area contributed by atoms with Gasteiger partial charge in [-0.05, 0) is 35.9 Å². The summed E-state index contributed by atoms with van der Waals surface area (Å²) >= 11 is 5.94. The molecule has 0 saturated carbocycles. The molecule has 11 heteroatoms. The molecule has 10 nitrogen and oxygen atoms in total. The summed E-state index contributed by atoms with van der Waals surface area (Å²) in [6, 6.07) is 8.78. The molecule has 4 N–H and O–H groups in total. The second-order valence-corrected chi connectivity index (χ2v) is 6.45. The lowest BCUT2D eigenvalue weighted by atomic mass is 10.0. The number of aromatic nitrogens is 2. The Hall–Kier alpha value is -3.63. The smallest absolute Gasteiger partial charge is 0.427 e. The number of carbonyl (C=O) groups excluding carboxylic acids is 1. The summed E-state index contributed by atoms with van der Waals surface area (Å²) in [5.41, 5.74) is 1.92. The number of nitrogens with one attached hydrogen (secondary N) is 2. The second kappa shape index (κ2) is 8.80. The van der Waals surface area contributed by atoms with Crippen molar-refractivity contribution in [3.63, 3.8) is 0 Å². The van der Waals surface area contributed by atoms with Crippen LogP contribution in [0.5, 0.6) is 11.5 Å². The summed E-state index contributed by atoms with van der Waals surface area (Å²) in [5.74, 6) is -0.0416. The highest BCUT2D eigenvalue weighted by Gasteiger charge is 2.24. The number of hydrogen-bond acceptors (Lipinski definition) is 8. The maximum Gasteiger partial charge on any atom is 0.427 e. The van der Waals surface area contributed by atoms with Gasteiger partial charge in [0.05, 0.1) is 25.3 Å². The number of aliphatic hydroxyl groups excluding tert-OH is 1. The number of methoxy groups -OCH3 is 2. The molecule has 1 atom stereocenters. The van der Waals surface area contributed by atoms with Crippen molar-refractivity contribution < 1.29 is 24.5 Å². The van der Waals surface area contributed by atoms with Crippen molar-refractivity contribution in [1.82, 2.24) is 15.4 Å². The van der Waals surface area contributed by atoms with Crippen molar-refractivity contribution >= 4 is 34.4 Å². The van der Waals surface area contributed by atoms with Gasteiger partial charge in [0.25, 0.3) is 5.56 Å². The lowest BCUT2D eigenvalue weighted by Gasteiger charge is -2.15. The van der Waals surface area contributed by atoms with E-state index in [0.29, 0.717) is 16.1 Å². The van der Waals surface area contributed by atoms with Gasteiger partial charge >= 0.3 is 6.09 Å². The lowest BCUT2D eigenvalue weighted by Crippen LogP contribution is -2.29. The van der Waals surface area contributed by atoms with Gasteiger partial charge in [0.1, 0.15) is 11.8 Å². The van der Waals surface area contributed by atoms with Crippen molar-refractivity contribution in [2.24, 2.45) is 5.10 Å². The molecule has 156 valence electrons. The van der Waals surface area contributed by atoms with Crippen molar-refractivity contribution in [3.05, 3.63) is 63.0 Å². The maximum atomic E-state index is 12.7. The van der Waals surface area contributed by atoms with E-state index in [1.165, 1.54) is 31.4 Å². The fraction of sp³-hybridized carbons (Fsp3) is 0.158. The van der Waals surface area contributed by atoms with Crippen molar-refractivity contribution in [3.8, 4) is 11.5 Å². The summed E-state index contributed by atoms with van der Waals surface area (Å²) < 4.78 is 9.52. The Kier molecular flexibility index (Phi) is 6.19. The summed E-state index contributed by atoms with van der Waals surface area (Å²) in [7, 11) is 2.48. The molecule has 1 heterocycles. The van der Waals surface area contributed by atoms with E-state index in [1.807, 2.05) is 0 Å². The van der Waals surface area contributed by atoms with Gasteiger partial charge in [-0.1, -0.05) is 17.7 Å². The Morgan fingerprint density at radius 1 is 1.27 bits per heavy atom. The number of phenolic OH excluding ortho intramolecular Hbond substituents is 1. The molecule has 0 radical (unpaired) electrons. The van der Waals surface area contributed by atoms with Crippen LogP contribution >= 0.6 is 11.6 Å². The van der Waals surface area contributed by atoms with E-state index in [-0.39, 0.29) is 28.5 Å². The van der Waals surface area contributed by atoms with Crippen molar-refractivity contribution in [1.29, 1.82) is 0 Å². The highest BCUT2D eigenvalue weighted by molar-refractivity contribution is 6.31. The average Bonchev–Trinajstić information content (AvgIpc) is 2.74. The molecule has 3 rings (SSSR count). The van der Waals surface area contributed by atoms with Gasteiger partial charge in [-0.3, -0.25) is 4.79 Å². The van der Waals surface area contributed by atoms with E-state index in [1.54, 1.807) is 12.1 Å². The molecule has 1 unspecified atom stereocenters. The standard InChI is InChI=1S/C19H17ClN4O6/c1-29-14-7-9(3-6-13(14)25)17(26)15(23-24-19(28)30-2)16-18(27)22-12-8-10(20)4-5-11(12)21-16/h3-8,17,25-26H,1-2H3,(H,22,27)(H,24,28)/b23-15-. The number of aromatic amines is 1. The number of phenols is 1. The summed E-state index contributed by atoms with van der Waals surface area (Å²) in [6.45, 7) is 0. The van der Waals surface area contributed by atoms with Gasteiger partial charge in [0.15, 0.2) is 17.2 Å². The van der Waals surface area contributed by atoms with Crippen LogP contribution < -0.4 is 15.7 Å². The normalized spacial score (nSPS) is 12.5. The first-order chi connectivity index (χ1) is 14.3. The van der Waals surface area contributed by atoms with E-state index >= 15 is 0 Å². The second-order valence-electron chi connectivity index (χ2n) is 6.01. The number of aliphatic hydroxyl groups is 1. The van der Waals surface area contributed by atoms with Crippen LogP contribution in [0, 0.1) is 0 Å². The molecule has 2 aromatic carbocycles. The monoisotopic (exact) mass is 432 g/mol. The fourth-order valence-corrected chi connectivity index (χ4v) is 2.82. The molecule has 30 heavy (non-hydrogen) atoms. The quantitative estimate of drug-likeness (QED) is 0.356. The van der Waals surface area contributed by atoms with Crippen LogP contribution in [-0.4, -0.2) is 46.2 Å². The zero-order chi connectivity index (χ0) is 21.8. The molecule has 0 spiro atoms. The molecular weight excluding hydrogens is 416 g/mol. The number of hydrogen-bond donors (Lipinski definition) is 4. The molecule has 0 fully saturated rings. The van der Waals surface area contributed by atoms with E-state index < -0.39 is 17.8 Å². The molecule has 1 aromatic heterocycles. The topological polar surface area (TPSA) is 146 Å². The molecule has 0 bridgehead atoms. The number of benzene rings is 2. The van der Waals surface area contributed by atoms with Crippen LogP contribution in [0.3, 0.4) is 0 Å². The first kappa shape index (κ1) is 21.1. The number of aromatic hydroxyl groups is 1. The van der Waals surface area contributed by atoms with Crippen LogP contribution in [-0.2, 0) is 4.74 Å². The molecular formula is C19H17ClN4O6. The van der Waals surface area contributed by atoms with Crippen LogP contribution in [0.15, 0.2) is 46.3 Å². The Bertz CT molecular complexity index is 1190. The minimum absolute atomic E-state index is 0.0989. The van der Waals surface area contributed by atoms with Crippen LogP contribution in [0.25, 0.3) is 11.0 Å². The predicted molar refractivity (Wildman–Crippen MR) is 109 cm³/mol. The minimum atomic E-state index is -1.50. The lowest BCUT2D eigenvalue weighted by molar-refractivity contribution is 0.171. The number of amides is 1. The predicted octanol–water partition coefficient (Wildman–Crippen LogP) is 2.08. The number of halogens is 1. The Morgan fingerprint density at radius 3 is 2.73 bits per heavy atom. The van der Waals surface area contributed by atoms with Gasteiger partial charge in [-0.15, -0.1) is 0 Å². The molecule has 1 amide bonds. The number of rotatable bonds is 5. The van der Waals surface area contributed by atoms with Gasteiger partial charge in [0.2, 0.25) is 0 Å². The zero-order valence-electron chi connectivity index (χ0n) is 15.8. The summed E-state index contributed by atoms with van der Waals surface area (Å²) in [4.78, 5) is 31.0. The van der Waals surface area contributed by atoms with E-state index in [4.69, 9.17) is 16.3 Å². The van der Waals surface area contributed by atoms with Gasteiger partial charge < -0.3 is 24.7 Å². The average molecular weight is 433 g/mol. The summed E-state index contributed by atoms with van der Waals surface area (Å²) in [5, 5.41) is 24.9. The van der Waals surface area contributed by atoms with E-state index in [0.717, 1.165) is 7.11 Å². The molecule has 0 saturated heterocycles. The van der Waals surface area contributed by atoms with Crippen LogP contribution in [0.2, 0.25) is 5.02 Å². The highest BCUT2D eigenvalue weighted by atomic mass is 35.5. The molecule has 0 aliphatic heterocycles. The van der Waals surface area contributed by atoms with Crippen molar-refractivity contribution in [2.45, 2.75) is 6.10 Å². The first-order valence-electron chi connectivity index (χ1n) is 8.50. The first-order valence-corrected chi connectivity index (χ1v) is 8.88. The number of carbonyl (C=O) groups is 1. The third-order valence-corrected chi connectivity index (χ3v) is 4.36. The van der Waals surface area contributed by atoms with E-state index in [2.05, 4.69) is 25.2 Å². The van der Waals surface area contributed by atoms with Crippen molar-refractivity contribution in [2.75, 3.05) is 14.2 Å². The zero-order valence-corrected chi connectivity index (χ0v) is 16.6. The largest absolute Gasteiger partial charge is 0.504 e. The number of fused-ring (bicyclic) bond motifs is 1. The SMILES string of the molecule is COC(=O)N/N=C(/c1nc2ccc(Cl)cc2[nH]c1=O)C(O)c1ccc(O)c(OC)c1. The Labute approximate surface area is 174 Å². The number of ether oxygens (including phenoxy) is 2. The van der Waals surface area contributed by atoms with Crippen LogP contribution in [0.1, 0.15) is 17.4 Å². The molecule has 3 aromatic rings. The molecule has 0 aliphatic rings. The highest BCUT2D eigenvalue weighted by Crippen LogP contribution is 2.30. The summed E-state index contributed by atoms with van der Waals surface area (Å²) in [6.07, 6.45) is -2.41. The van der Waals surface area contributed by atoms with Gasteiger partial charge in [0, 0.05) is 5.02 Å². The number of nitrogens with zero attached hydrogens (tertiary/aromatic N) is 2. The molecule has 0 aliphatic carbocycles. The Morgan fingerprint density at radius 2 is 2.03 bits per heavy atom. The third-order valence-electron chi connectivity index (χ3n) is 4.13. The Balaban J connectivity index is 2.15. The van der Waals surface area contributed by atoms with Gasteiger partial charge in [-0.25, -0.2) is 15.2 Å². The van der Waals surface area contributed by atoms with Crippen LogP contribution in [0.4, 0.5) is 4.79 Å². The number of hydrazone groups is 1.